The maximum atomic E-state index is 11.3. The molecule has 14 heavy (non-hydrogen) atoms. The maximum Gasteiger partial charge on any atom is 0.330 e. The number of carbonyl (C=O) groups is 2. The van der Waals surface area contributed by atoms with Crippen molar-refractivity contribution in [2.75, 3.05) is 13.2 Å². The summed E-state index contributed by atoms with van der Waals surface area (Å²) >= 11 is 0. The number of nitrogens with one attached hydrogen (secondary N) is 1. The summed E-state index contributed by atoms with van der Waals surface area (Å²) in [5.74, 6) is -0.540. The molecule has 0 bridgehead atoms. The van der Waals surface area contributed by atoms with Gasteiger partial charge in [-0.05, 0) is 0 Å². The van der Waals surface area contributed by atoms with Crippen LogP contribution >= 0.6 is 0 Å². The average Bonchev–Trinajstić information content (AvgIpc) is 2.09. The summed E-state index contributed by atoms with van der Waals surface area (Å²) in [7, 11) is 0. The van der Waals surface area contributed by atoms with E-state index in [-0.39, 0.29) is 12.5 Å². The summed E-state index contributed by atoms with van der Waals surface area (Å²) in [6.45, 7) is 9.21. The summed E-state index contributed by atoms with van der Waals surface area (Å²) in [4.78, 5) is 21.9. The summed E-state index contributed by atoms with van der Waals surface area (Å²) in [6.07, 6.45) is 1.09. The van der Waals surface area contributed by atoms with Gasteiger partial charge in [0.2, 0.25) is 5.91 Å². The lowest BCUT2D eigenvalue weighted by Crippen LogP contribution is -2.36. The lowest BCUT2D eigenvalue weighted by molar-refractivity contribution is -0.138. The second-order valence-electron chi connectivity index (χ2n) is 3.88. The molecule has 1 N–H and O–H groups in total. The fraction of sp³-hybridized carbons (Fsp3) is 0.600. The predicted octanol–water partition coefficient (Wildman–Crippen LogP) is 0.878. The van der Waals surface area contributed by atoms with Crippen LogP contribution in [0.3, 0.4) is 0 Å². The molecule has 4 nitrogen and oxygen atoms in total. The van der Waals surface area contributed by atoms with Crippen molar-refractivity contribution >= 4 is 11.9 Å². The Morgan fingerprint density at radius 3 is 2.43 bits per heavy atom. The molecule has 0 fully saturated rings. The Hall–Kier alpha value is -1.32. The van der Waals surface area contributed by atoms with Crippen LogP contribution in [-0.4, -0.2) is 25.0 Å². The van der Waals surface area contributed by atoms with Crippen LogP contribution in [-0.2, 0) is 14.3 Å². The van der Waals surface area contributed by atoms with E-state index in [1.165, 1.54) is 0 Å². The van der Waals surface area contributed by atoms with Gasteiger partial charge in [-0.2, -0.15) is 0 Å². The summed E-state index contributed by atoms with van der Waals surface area (Å²) in [5.41, 5.74) is -0.414. The molecule has 0 radical (unpaired) electrons. The first-order valence-corrected chi connectivity index (χ1v) is 4.45. The van der Waals surface area contributed by atoms with Crippen molar-refractivity contribution in [1.82, 2.24) is 5.32 Å². The molecule has 0 aliphatic carbocycles. The van der Waals surface area contributed by atoms with E-state index < -0.39 is 11.4 Å². The van der Waals surface area contributed by atoms with Crippen molar-refractivity contribution in [2.45, 2.75) is 20.8 Å². The Morgan fingerprint density at radius 2 is 2.00 bits per heavy atom. The van der Waals surface area contributed by atoms with E-state index in [2.05, 4.69) is 16.6 Å². The van der Waals surface area contributed by atoms with Gasteiger partial charge in [-0.1, -0.05) is 27.4 Å². The molecule has 0 spiro atoms. The van der Waals surface area contributed by atoms with Gasteiger partial charge in [0.25, 0.3) is 0 Å². The van der Waals surface area contributed by atoms with Crippen LogP contribution in [0.5, 0.6) is 0 Å². The number of carbonyl (C=O) groups excluding carboxylic acids is 2. The van der Waals surface area contributed by atoms with E-state index in [1.54, 1.807) is 0 Å². The molecule has 0 atom stereocenters. The Labute approximate surface area is 84.3 Å². The third kappa shape index (κ3) is 5.35. The molecule has 1 amide bonds. The highest BCUT2D eigenvalue weighted by atomic mass is 16.5. The van der Waals surface area contributed by atoms with Crippen molar-refractivity contribution in [3.05, 3.63) is 12.7 Å². The number of amides is 1. The molecule has 0 aromatic rings. The molecule has 0 saturated heterocycles. The zero-order chi connectivity index (χ0) is 11.2. The first-order valence-electron chi connectivity index (χ1n) is 4.45. The second kappa shape index (κ2) is 5.42. The van der Waals surface area contributed by atoms with Gasteiger partial charge in [-0.25, -0.2) is 4.79 Å². The minimum Gasteiger partial charge on any atom is -0.461 e. The fourth-order valence-corrected chi connectivity index (χ4v) is 0.640. The molecule has 80 valence electrons. The van der Waals surface area contributed by atoms with Crippen molar-refractivity contribution in [3.63, 3.8) is 0 Å². The number of esters is 1. The Morgan fingerprint density at radius 1 is 1.43 bits per heavy atom. The fourth-order valence-electron chi connectivity index (χ4n) is 0.640. The van der Waals surface area contributed by atoms with E-state index in [9.17, 15) is 9.59 Å². The highest BCUT2D eigenvalue weighted by Crippen LogP contribution is 2.11. The Balaban J connectivity index is 3.61. The summed E-state index contributed by atoms with van der Waals surface area (Å²) in [5, 5.41) is 2.65. The lowest BCUT2D eigenvalue weighted by Gasteiger charge is -2.17. The normalized spacial score (nSPS) is 10.5. The predicted molar refractivity (Wildman–Crippen MR) is 53.6 cm³/mol. The number of hydrogen-bond donors (Lipinski definition) is 1. The quantitative estimate of drug-likeness (QED) is 0.415. The molecule has 4 heteroatoms. The van der Waals surface area contributed by atoms with Crippen LogP contribution in [0, 0.1) is 5.41 Å². The van der Waals surface area contributed by atoms with E-state index in [4.69, 9.17) is 0 Å². The molecule has 0 aliphatic heterocycles. The van der Waals surface area contributed by atoms with Crippen molar-refractivity contribution in [1.29, 1.82) is 0 Å². The molecular formula is C10H17NO3. The molecular weight excluding hydrogens is 182 g/mol. The van der Waals surface area contributed by atoms with Gasteiger partial charge in [0.15, 0.2) is 0 Å². The van der Waals surface area contributed by atoms with Gasteiger partial charge in [0, 0.05) is 11.5 Å². The molecule has 0 aromatic carbocycles. The standard InChI is InChI=1S/C10H17NO3/c1-5-8(12)14-7-6-11-9(13)10(2,3)4/h5H,1,6-7H2,2-4H3,(H,11,13). The van der Waals surface area contributed by atoms with Gasteiger partial charge in [-0.15, -0.1) is 0 Å². The largest absolute Gasteiger partial charge is 0.461 e. The van der Waals surface area contributed by atoms with Crippen molar-refractivity contribution in [3.8, 4) is 0 Å². The van der Waals surface area contributed by atoms with Crippen molar-refractivity contribution < 1.29 is 14.3 Å². The smallest absolute Gasteiger partial charge is 0.330 e. The first-order chi connectivity index (χ1) is 6.38. The summed E-state index contributed by atoms with van der Waals surface area (Å²) < 4.78 is 4.68. The second-order valence-corrected chi connectivity index (χ2v) is 3.88. The lowest BCUT2D eigenvalue weighted by atomic mass is 9.96. The zero-order valence-corrected chi connectivity index (χ0v) is 8.92. The first kappa shape index (κ1) is 12.7. The van der Waals surface area contributed by atoms with Crippen LogP contribution in [0.25, 0.3) is 0 Å². The third-order valence-electron chi connectivity index (χ3n) is 1.48. The van der Waals surface area contributed by atoms with Crippen LogP contribution in [0.1, 0.15) is 20.8 Å². The van der Waals surface area contributed by atoms with Gasteiger partial charge in [0.1, 0.15) is 6.61 Å². The molecule has 0 aliphatic rings. The van der Waals surface area contributed by atoms with Crippen LogP contribution in [0.2, 0.25) is 0 Å². The number of rotatable bonds is 4. The molecule has 0 unspecified atom stereocenters. The molecule has 0 saturated carbocycles. The average molecular weight is 199 g/mol. The van der Waals surface area contributed by atoms with Crippen LogP contribution in [0.15, 0.2) is 12.7 Å². The van der Waals surface area contributed by atoms with Crippen LogP contribution < -0.4 is 5.32 Å². The summed E-state index contributed by atoms with van der Waals surface area (Å²) in [6, 6.07) is 0. The van der Waals surface area contributed by atoms with Gasteiger partial charge in [0.05, 0.1) is 6.54 Å². The van der Waals surface area contributed by atoms with Gasteiger partial charge in [-0.3, -0.25) is 4.79 Å². The SMILES string of the molecule is C=CC(=O)OCCNC(=O)C(C)(C)C. The highest BCUT2D eigenvalue weighted by Gasteiger charge is 2.20. The highest BCUT2D eigenvalue weighted by molar-refractivity contribution is 5.82. The Bertz CT molecular complexity index is 228. The van der Waals surface area contributed by atoms with Gasteiger partial charge >= 0.3 is 5.97 Å². The van der Waals surface area contributed by atoms with E-state index in [1.807, 2.05) is 20.8 Å². The van der Waals surface area contributed by atoms with E-state index >= 15 is 0 Å². The number of hydrogen-bond acceptors (Lipinski definition) is 3. The molecule has 0 rings (SSSR count). The van der Waals surface area contributed by atoms with E-state index in [0.717, 1.165) is 6.08 Å². The van der Waals surface area contributed by atoms with Crippen molar-refractivity contribution in [2.24, 2.45) is 5.41 Å². The van der Waals surface area contributed by atoms with Crippen LogP contribution in [0.4, 0.5) is 0 Å². The minimum absolute atomic E-state index is 0.0628. The molecule has 0 aromatic heterocycles. The van der Waals surface area contributed by atoms with E-state index in [0.29, 0.717) is 6.54 Å². The monoisotopic (exact) mass is 199 g/mol. The topological polar surface area (TPSA) is 55.4 Å². The van der Waals surface area contributed by atoms with Gasteiger partial charge < -0.3 is 10.1 Å². The minimum atomic E-state index is -0.477. The number of ether oxygens (including phenoxy) is 1. The molecule has 0 heterocycles. The maximum absolute atomic E-state index is 11.3. The Kier molecular flexibility index (Phi) is 4.91. The third-order valence-corrected chi connectivity index (χ3v) is 1.48. The zero-order valence-electron chi connectivity index (χ0n) is 8.92.